The Morgan fingerprint density at radius 1 is 1.17 bits per heavy atom. The fraction of sp³-hybridized carbons (Fsp3) is 0.250. The Balaban J connectivity index is 0.00000192. The van der Waals surface area contributed by atoms with E-state index in [2.05, 4.69) is 33.1 Å². The molecular formula is C16H18Cl2N4O. The van der Waals surface area contributed by atoms with Crippen molar-refractivity contribution in [1.82, 2.24) is 10.3 Å². The van der Waals surface area contributed by atoms with E-state index in [-0.39, 0.29) is 18.4 Å². The van der Waals surface area contributed by atoms with Crippen LogP contribution in [0.25, 0.3) is 0 Å². The minimum Gasteiger partial charge on any atom is -0.316 e. The minimum atomic E-state index is -0.329. The molecule has 1 aliphatic heterocycles. The van der Waals surface area contributed by atoms with Gasteiger partial charge >= 0.3 is 6.03 Å². The highest BCUT2D eigenvalue weighted by Crippen LogP contribution is 2.23. The molecule has 1 saturated heterocycles. The molecule has 1 fully saturated rings. The van der Waals surface area contributed by atoms with Gasteiger partial charge < -0.3 is 10.6 Å². The van der Waals surface area contributed by atoms with Crippen LogP contribution in [-0.2, 0) is 0 Å². The number of halogens is 2. The quantitative estimate of drug-likeness (QED) is 0.785. The number of urea groups is 1. The summed E-state index contributed by atoms with van der Waals surface area (Å²) >= 11 is 5.75. The van der Waals surface area contributed by atoms with E-state index in [1.165, 1.54) is 11.8 Å². The van der Waals surface area contributed by atoms with Crippen LogP contribution < -0.4 is 16.0 Å². The van der Waals surface area contributed by atoms with Crippen molar-refractivity contribution in [3.05, 3.63) is 53.2 Å². The number of hydrogen-bond acceptors (Lipinski definition) is 3. The Labute approximate surface area is 146 Å². The van der Waals surface area contributed by atoms with E-state index >= 15 is 0 Å². The number of nitrogens with one attached hydrogen (secondary N) is 3. The minimum absolute atomic E-state index is 0. The van der Waals surface area contributed by atoms with Crippen LogP contribution in [0, 0.1) is 0 Å². The number of nitrogens with zero attached hydrogens (tertiary/aromatic N) is 1. The molecule has 1 aliphatic rings. The van der Waals surface area contributed by atoms with Gasteiger partial charge in [-0.1, -0.05) is 23.7 Å². The normalized spacial score (nSPS) is 16.5. The summed E-state index contributed by atoms with van der Waals surface area (Å²) in [6.45, 7) is 2.09. The van der Waals surface area contributed by atoms with Crippen LogP contribution in [0.5, 0.6) is 0 Å². The molecule has 1 unspecified atom stereocenters. The Bertz CT molecular complexity index is 640. The maximum absolute atomic E-state index is 11.9. The lowest BCUT2D eigenvalue weighted by molar-refractivity contribution is 0.262. The van der Waals surface area contributed by atoms with Gasteiger partial charge in [0.2, 0.25) is 0 Å². The lowest BCUT2D eigenvalue weighted by Crippen LogP contribution is -2.20. The topological polar surface area (TPSA) is 66.1 Å². The maximum atomic E-state index is 11.9. The Kier molecular flexibility index (Phi) is 6.21. The molecule has 122 valence electrons. The molecule has 5 nitrogen and oxygen atoms in total. The zero-order chi connectivity index (χ0) is 15.4. The van der Waals surface area contributed by atoms with Crippen molar-refractivity contribution in [2.75, 3.05) is 23.7 Å². The van der Waals surface area contributed by atoms with Gasteiger partial charge in [0.15, 0.2) is 0 Å². The molecule has 1 aromatic carbocycles. The monoisotopic (exact) mass is 352 g/mol. The first kappa shape index (κ1) is 17.5. The first-order valence-corrected chi connectivity index (χ1v) is 7.59. The summed E-state index contributed by atoms with van der Waals surface area (Å²) in [5.74, 6) is 1.02. The molecule has 2 amide bonds. The number of pyridine rings is 1. The molecule has 0 saturated carbocycles. The third-order valence-electron chi connectivity index (χ3n) is 3.67. The lowest BCUT2D eigenvalue weighted by atomic mass is 9.98. The number of hydrogen-bond donors (Lipinski definition) is 3. The van der Waals surface area contributed by atoms with Crippen molar-refractivity contribution in [1.29, 1.82) is 0 Å². The van der Waals surface area contributed by atoms with Gasteiger partial charge in [-0.05, 0) is 48.7 Å². The van der Waals surface area contributed by atoms with Crippen LogP contribution in [0.1, 0.15) is 17.9 Å². The number of aromatic nitrogens is 1. The van der Waals surface area contributed by atoms with E-state index in [1.54, 1.807) is 12.1 Å². The molecule has 0 radical (unpaired) electrons. The molecule has 0 aliphatic carbocycles. The Hall–Kier alpha value is -1.82. The maximum Gasteiger partial charge on any atom is 0.324 e. The number of rotatable bonds is 3. The molecule has 7 heteroatoms. The smallest absolute Gasteiger partial charge is 0.316 e. The van der Waals surface area contributed by atoms with E-state index in [1.807, 2.05) is 12.1 Å². The van der Waals surface area contributed by atoms with Crippen LogP contribution in [-0.4, -0.2) is 24.1 Å². The lowest BCUT2D eigenvalue weighted by Gasteiger charge is -2.11. The van der Waals surface area contributed by atoms with Gasteiger partial charge in [-0.2, -0.15) is 0 Å². The zero-order valence-corrected chi connectivity index (χ0v) is 14.0. The Morgan fingerprint density at radius 2 is 1.96 bits per heavy atom. The molecule has 2 aromatic rings. The van der Waals surface area contributed by atoms with E-state index in [9.17, 15) is 4.79 Å². The first-order chi connectivity index (χ1) is 10.7. The number of benzene rings is 1. The summed E-state index contributed by atoms with van der Waals surface area (Å²) in [4.78, 5) is 15.9. The van der Waals surface area contributed by atoms with Gasteiger partial charge in [0.1, 0.15) is 5.82 Å². The standard InChI is InChI=1S/C16H17ClN4O.ClH/c17-13-3-6-15(19-10-13)21-16(22)20-14-4-1-11(2-5-14)12-7-8-18-9-12;/h1-6,10,12,18H,7-9H2,(H2,19,20,21,22);1H. The predicted octanol–water partition coefficient (Wildman–Crippen LogP) is 3.88. The first-order valence-electron chi connectivity index (χ1n) is 7.21. The molecule has 1 atom stereocenters. The number of carbonyl (C=O) groups excluding carboxylic acids is 1. The van der Waals surface area contributed by atoms with Gasteiger partial charge in [0, 0.05) is 18.4 Å². The highest BCUT2D eigenvalue weighted by atomic mass is 35.5. The third kappa shape index (κ3) is 4.82. The van der Waals surface area contributed by atoms with Gasteiger partial charge in [-0.3, -0.25) is 5.32 Å². The van der Waals surface area contributed by atoms with Crippen LogP contribution >= 0.6 is 24.0 Å². The second-order valence-electron chi connectivity index (χ2n) is 5.25. The van der Waals surface area contributed by atoms with Crippen LogP contribution in [0.2, 0.25) is 5.02 Å². The fourth-order valence-electron chi connectivity index (χ4n) is 2.51. The van der Waals surface area contributed by atoms with E-state index in [0.29, 0.717) is 16.8 Å². The predicted molar refractivity (Wildman–Crippen MR) is 95.8 cm³/mol. The van der Waals surface area contributed by atoms with Crippen molar-refractivity contribution in [2.24, 2.45) is 0 Å². The molecular weight excluding hydrogens is 335 g/mol. The third-order valence-corrected chi connectivity index (χ3v) is 3.89. The fourth-order valence-corrected chi connectivity index (χ4v) is 2.62. The molecule has 0 spiro atoms. The van der Waals surface area contributed by atoms with Crippen molar-refractivity contribution in [3.8, 4) is 0 Å². The molecule has 23 heavy (non-hydrogen) atoms. The second-order valence-corrected chi connectivity index (χ2v) is 5.69. The molecule has 2 heterocycles. The SMILES string of the molecule is Cl.O=C(Nc1ccc(C2CCNC2)cc1)Nc1ccc(Cl)cn1. The van der Waals surface area contributed by atoms with Gasteiger partial charge in [-0.25, -0.2) is 9.78 Å². The summed E-state index contributed by atoms with van der Waals surface area (Å²) in [5, 5.41) is 9.32. The molecule has 3 N–H and O–H groups in total. The average Bonchev–Trinajstić information content (AvgIpc) is 3.05. The van der Waals surface area contributed by atoms with Gasteiger partial charge in [0.05, 0.1) is 5.02 Å². The van der Waals surface area contributed by atoms with Crippen molar-refractivity contribution < 1.29 is 4.79 Å². The van der Waals surface area contributed by atoms with Crippen LogP contribution in [0.4, 0.5) is 16.3 Å². The number of carbonyl (C=O) groups is 1. The van der Waals surface area contributed by atoms with Gasteiger partial charge in [0.25, 0.3) is 0 Å². The summed E-state index contributed by atoms with van der Waals surface area (Å²) < 4.78 is 0. The van der Waals surface area contributed by atoms with Crippen molar-refractivity contribution in [3.63, 3.8) is 0 Å². The van der Waals surface area contributed by atoms with E-state index in [0.717, 1.165) is 25.2 Å². The number of anilines is 2. The van der Waals surface area contributed by atoms with Crippen molar-refractivity contribution in [2.45, 2.75) is 12.3 Å². The molecule has 1 aromatic heterocycles. The highest BCUT2D eigenvalue weighted by molar-refractivity contribution is 6.30. The highest BCUT2D eigenvalue weighted by Gasteiger charge is 2.16. The summed E-state index contributed by atoms with van der Waals surface area (Å²) in [5.41, 5.74) is 2.05. The van der Waals surface area contributed by atoms with Crippen LogP contribution in [0.3, 0.4) is 0 Å². The number of amides is 2. The van der Waals surface area contributed by atoms with Crippen molar-refractivity contribution >= 4 is 41.5 Å². The van der Waals surface area contributed by atoms with E-state index < -0.39 is 0 Å². The second kappa shape index (κ2) is 8.15. The largest absolute Gasteiger partial charge is 0.324 e. The summed E-state index contributed by atoms with van der Waals surface area (Å²) in [6.07, 6.45) is 2.65. The zero-order valence-electron chi connectivity index (χ0n) is 12.4. The molecule has 0 bridgehead atoms. The Morgan fingerprint density at radius 3 is 2.57 bits per heavy atom. The molecule has 3 rings (SSSR count). The summed E-state index contributed by atoms with van der Waals surface area (Å²) in [6, 6.07) is 11.0. The average molecular weight is 353 g/mol. The van der Waals surface area contributed by atoms with E-state index in [4.69, 9.17) is 11.6 Å². The van der Waals surface area contributed by atoms with Gasteiger partial charge in [-0.15, -0.1) is 12.4 Å². The summed E-state index contributed by atoms with van der Waals surface area (Å²) in [7, 11) is 0. The van der Waals surface area contributed by atoms with Crippen LogP contribution in [0.15, 0.2) is 42.6 Å².